The number of hydrogen-bond acceptors (Lipinski definition) is 4. The Bertz CT molecular complexity index is 534. The molecule has 0 aromatic heterocycles. The highest BCUT2D eigenvalue weighted by molar-refractivity contribution is 7.88. The van der Waals surface area contributed by atoms with E-state index in [0.717, 1.165) is 0 Å². The SMILES string of the molecule is CC(C)N(CCNS(=O)(=O)Cc1cccc(N)c1)C(C)C. The molecule has 0 fully saturated rings. The first-order chi connectivity index (χ1) is 9.71. The van der Waals surface area contributed by atoms with Crippen molar-refractivity contribution in [3.63, 3.8) is 0 Å². The Hall–Kier alpha value is -1.11. The Kier molecular flexibility index (Phi) is 6.64. The van der Waals surface area contributed by atoms with E-state index in [9.17, 15) is 8.42 Å². The Balaban J connectivity index is 2.53. The number of sulfonamides is 1. The number of rotatable bonds is 8. The molecule has 1 aromatic rings. The van der Waals surface area contributed by atoms with E-state index in [1.54, 1.807) is 24.3 Å². The van der Waals surface area contributed by atoms with Crippen molar-refractivity contribution >= 4 is 15.7 Å². The summed E-state index contributed by atoms with van der Waals surface area (Å²) in [4.78, 5) is 2.25. The average Bonchev–Trinajstić information content (AvgIpc) is 2.33. The molecule has 0 saturated heterocycles. The van der Waals surface area contributed by atoms with Gasteiger partial charge in [-0.15, -0.1) is 0 Å². The van der Waals surface area contributed by atoms with Gasteiger partial charge in [-0.2, -0.15) is 0 Å². The minimum Gasteiger partial charge on any atom is -0.399 e. The average molecular weight is 313 g/mol. The number of anilines is 1. The Morgan fingerprint density at radius 1 is 1.19 bits per heavy atom. The lowest BCUT2D eigenvalue weighted by Crippen LogP contribution is -2.42. The third kappa shape index (κ3) is 6.46. The number of nitrogens with two attached hydrogens (primary N) is 1. The third-order valence-corrected chi connectivity index (χ3v) is 4.68. The minimum absolute atomic E-state index is 0.0403. The van der Waals surface area contributed by atoms with Gasteiger partial charge in [0, 0.05) is 30.9 Å². The Morgan fingerprint density at radius 2 is 1.81 bits per heavy atom. The molecule has 0 amide bonds. The second-order valence-electron chi connectivity index (χ2n) is 5.82. The predicted molar refractivity (Wildman–Crippen MR) is 88.5 cm³/mol. The minimum atomic E-state index is -3.33. The van der Waals surface area contributed by atoms with E-state index in [1.165, 1.54) is 0 Å². The molecular formula is C15H27N3O2S. The topological polar surface area (TPSA) is 75.4 Å². The molecule has 21 heavy (non-hydrogen) atoms. The highest BCUT2D eigenvalue weighted by Crippen LogP contribution is 2.10. The quantitative estimate of drug-likeness (QED) is 0.718. The second kappa shape index (κ2) is 7.77. The highest BCUT2D eigenvalue weighted by Gasteiger charge is 2.15. The lowest BCUT2D eigenvalue weighted by molar-refractivity contribution is 0.179. The normalized spacial score (nSPS) is 12.5. The summed E-state index contributed by atoms with van der Waals surface area (Å²) in [5.74, 6) is -0.0403. The van der Waals surface area contributed by atoms with Gasteiger partial charge in [0.2, 0.25) is 10.0 Å². The van der Waals surface area contributed by atoms with E-state index >= 15 is 0 Å². The summed E-state index contributed by atoms with van der Waals surface area (Å²) in [5, 5.41) is 0. The van der Waals surface area contributed by atoms with Crippen LogP contribution in [-0.4, -0.2) is 38.5 Å². The molecule has 0 aliphatic heterocycles. The molecular weight excluding hydrogens is 286 g/mol. The molecule has 0 unspecified atom stereocenters. The molecule has 0 aliphatic carbocycles. The Labute approximate surface area is 128 Å². The fraction of sp³-hybridized carbons (Fsp3) is 0.600. The largest absolute Gasteiger partial charge is 0.399 e. The fourth-order valence-electron chi connectivity index (χ4n) is 2.40. The summed E-state index contributed by atoms with van der Waals surface area (Å²) >= 11 is 0. The first-order valence-electron chi connectivity index (χ1n) is 7.29. The summed E-state index contributed by atoms with van der Waals surface area (Å²) in [7, 11) is -3.33. The maximum Gasteiger partial charge on any atom is 0.215 e. The maximum absolute atomic E-state index is 12.1. The first kappa shape index (κ1) is 17.9. The lowest BCUT2D eigenvalue weighted by atomic mass is 10.2. The van der Waals surface area contributed by atoms with Crippen LogP contribution < -0.4 is 10.5 Å². The van der Waals surface area contributed by atoms with Crippen LogP contribution >= 0.6 is 0 Å². The van der Waals surface area contributed by atoms with Crippen LogP contribution in [0, 0.1) is 0 Å². The van der Waals surface area contributed by atoms with Crippen molar-refractivity contribution in [1.29, 1.82) is 0 Å². The summed E-state index contributed by atoms with van der Waals surface area (Å²) < 4.78 is 26.8. The molecule has 0 atom stereocenters. The van der Waals surface area contributed by atoms with Gasteiger partial charge in [0.15, 0.2) is 0 Å². The molecule has 6 heteroatoms. The van der Waals surface area contributed by atoms with Gasteiger partial charge in [-0.05, 0) is 45.4 Å². The van der Waals surface area contributed by atoms with Crippen molar-refractivity contribution < 1.29 is 8.42 Å². The molecule has 0 aliphatic rings. The highest BCUT2D eigenvalue weighted by atomic mass is 32.2. The van der Waals surface area contributed by atoms with Gasteiger partial charge < -0.3 is 5.73 Å². The van der Waals surface area contributed by atoms with Crippen molar-refractivity contribution in [2.24, 2.45) is 0 Å². The molecule has 0 heterocycles. The molecule has 1 aromatic carbocycles. The molecule has 0 bridgehead atoms. The van der Waals surface area contributed by atoms with Crippen LogP contribution in [0.2, 0.25) is 0 Å². The molecule has 3 N–H and O–H groups in total. The van der Waals surface area contributed by atoms with Crippen molar-refractivity contribution in [3.8, 4) is 0 Å². The van der Waals surface area contributed by atoms with Gasteiger partial charge >= 0.3 is 0 Å². The molecule has 0 spiro atoms. The van der Waals surface area contributed by atoms with Crippen LogP contribution in [0.5, 0.6) is 0 Å². The molecule has 1 rings (SSSR count). The van der Waals surface area contributed by atoms with E-state index in [2.05, 4.69) is 37.3 Å². The standard InChI is InChI=1S/C15H27N3O2S/c1-12(2)18(13(3)4)9-8-17-21(19,20)11-14-6-5-7-15(16)10-14/h5-7,10,12-13,17H,8-9,11,16H2,1-4H3. The monoisotopic (exact) mass is 313 g/mol. The Morgan fingerprint density at radius 3 is 2.33 bits per heavy atom. The number of benzene rings is 1. The van der Waals surface area contributed by atoms with Crippen LogP contribution in [0.25, 0.3) is 0 Å². The third-order valence-electron chi connectivity index (χ3n) is 3.33. The molecule has 0 radical (unpaired) electrons. The van der Waals surface area contributed by atoms with Crippen molar-refractivity contribution in [1.82, 2.24) is 9.62 Å². The number of nitrogens with zero attached hydrogens (tertiary/aromatic N) is 1. The number of nitrogens with one attached hydrogen (secondary N) is 1. The van der Waals surface area contributed by atoms with E-state index in [0.29, 0.717) is 36.4 Å². The van der Waals surface area contributed by atoms with E-state index < -0.39 is 10.0 Å². The zero-order valence-electron chi connectivity index (χ0n) is 13.3. The van der Waals surface area contributed by atoms with Gasteiger partial charge in [-0.1, -0.05) is 12.1 Å². The summed E-state index contributed by atoms with van der Waals surface area (Å²) in [5.41, 5.74) is 6.94. The van der Waals surface area contributed by atoms with E-state index in [1.807, 2.05) is 0 Å². The fourth-order valence-corrected chi connectivity index (χ4v) is 3.52. The van der Waals surface area contributed by atoms with Gasteiger partial charge in [0.25, 0.3) is 0 Å². The predicted octanol–water partition coefficient (Wildman–Crippen LogP) is 1.81. The van der Waals surface area contributed by atoms with Crippen LogP contribution in [0.1, 0.15) is 33.3 Å². The van der Waals surface area contributed by atoms with Crippen LogP contribution in [-0.2, 0) is 15.8 Å². The first-order valence-corrected chi connectivity index (χ1v) is 8.94. The van der Waals surface area contributed by atoms with Gasteiger partial charge in [-0.25, -0.2) is 13.1 Å². The zero-order valence-corrected chi connectivity index (χ0v) is 14.2. The van der Waals surface area contributed by atoms with Crippen molar-refractivity contribution in [2.75, 3.05) is 18.8 Å². The van der Waals surface area contributed by atoms with Crippen LogP contribution in [0.3, 0.4) is 0 Å². The van der Waals surface area contributed by atoms with Gasteiger partial charge in [0.05, 0.1) is 5.75 Å². The maximum atomic E-state index is 12.1. The van der Waals surface area contributed by atoms with E-state index in [4.69, 9.17) is 5.73 Å². The van der Waals surface area contributed by atoms with Gasteiger partial charge in [0.1, 0.15) is 0 Å². The van der Waals surface area contributed by atoms with Crippen molar-refractivity contribution in [3.05, 3.63) is 29.8 Å². The van der Waals surface area contributed by atoms with Crippen LogP contribution in [0.4, 0.5) is 5.69 Å². The lowest BCUT2D eigenvalue weighted by Gasteiger charge is -2.30. The molecule has 0 saturated carbocycles. The van der Waals surface area contributed by atoms with E-state index in [-0.39, 0.29) is 5.75 Å². The summed E-state index contributed by atoms with van der Waals surface area (Å²) in [6.45, 7) is 9.57. The smallest absolute Gasteiger partial charge is 0.215 e. The zero-order chi connectivity index (χ0) is 16.0. The molecule has 120 valence electrons. The van der Waals surface area contributed by atoms with Gasteiger partial charge in [-0.3, -0.25) is 4.90 Å². The summed E-state index contributed by atoms with van der Waals surface area (Å²) in [6, 6.07) is 7.75. The second-order valence-corrected chi connectivity index (χ2v) is 7.63. The molecule has 5 nitrogen and oxygen atoms in total. The number of nitrogen functional groups attached to an aromatic ring is 1. The summed E-state index contributed by atoms with van der Waals surface area (Å²) in [6.07, 6.45) is 0. The van der Waals surface area contributed by atoms with Crippen LogP contribution in [0.15, 0.2) is 24.3 Å². The van der Waals surface area contributed by atoms with Crippen molar-refractivity contribution in [2.45, 2.75) is 45.5 Å². The number of hydrogen-bond donors (Lipinski definition) is 2.